The molecule has 0 unspecified atom stereocenters. The zero-order valence-corrected chi connectivity index (χ0v) is 16.7. The van der Waals surface area contributed by atoms with E-state index in [4.69, 9.17) is 17.0 Å². The summed E-state index contributed by atoms with van der Waals surface area (Å²) in [6.45, 7) is 2.72. The van der Waals surface area contributed by atoms with Gasteiger partial charge in [-0.05, 0) is 30.3 Å². The molecule has 0 radical (unpaired) electrons. The van der Waals surface area contributed by atoms with Crippen LogP contribution in [-0.2, 0) is 17.7 Å². The minimum atomic E-state index is -0.382. The Balaban J connectivity index is 1.65. The molecule has 0 fully saturated rings. The molecular formula is C19H20N4O2S2. The van der Waals surface area contributed by atoms with Gasteiger partial charge in [-0.3, -0.25) is 4.68 Å². The number of ether oxygens (including phenoxy) is 1. The zero-order chi connectivity index (χ0) is 19.2. The summed E-state index contributed by atoms with van der Waals surface area (Å²) >= 11 is 6.87. The molecule has 6 nitrogen and oxygen atoms in total. The maximum absolute atomic E-state index is 11.9. The average Bonchev–Trinajstić information content (AvgIpc) is 3.28. The van der Waals surface area contributed by atoms with Gasteiger partial charge in [-0.25, -0.2) is 4.79 Å². The zero-order valence-electron chi connectivity index (χ0n) is 15.1. The number of esters is 1. The van der Waals surface area contributed by atoms with Crippen LogP contribution >= 0.6 is 23.6 Å². The second-order valence-electron chi connectivity index (χ2n) is 5.79. The molecule has 0 aliphatic carbocycles. The second kappa shape index (κ2) is 8.79. The fourth-order valence-electron chi connectivity index (χ4n) is 2.52. The molecule has 0 amide bonds. The smallest absolute Gasteiger partial charge is 0.340 e. The molecule has 2 heterocycles. The van der Waals surface area contributed by atoms with E-state index in [2.05, 4.69) is 27.9 Å². The summed E-state index contributed by atoms with van der Waals surface area (Å²) in [6.07, 6.45) is 4.43. The highest BCUT2D eigenvalue weighted by molar-refractivity contribution is 7.80. The number of carbonyl (C=O) groups is 1. The van der Waals surface area contributed by atoms with Gasteiger partial charge >= 0.3 is 5.97 Å². The molecule has 0 bridgehead atoms. The number of rotatable bonds is 6. The molecule has 140 valence electrons. The first-order chi connectivity index (χ1) is 13.1. The van der Waals surface area contributed by atoms with Gasteiger partial charge < -0.3 is 15.4 Å². The Morgan fingerprint density at radius 2 is 2.07 bits per heavy atom. The minimum absolute atomic E-state index is 0.382. The van der Waals surface area contributed by atoms with Gasteiger partial charge in [-0.2, -0.15) is 5.10 Å². The fraction of sp³-hybridized carbons (Fsp3) is 0.211. The van der Waals surface area contributed by atoms with Gasteiger partial charge in [0.2, 0.25) is 0 Å². The number of thiophene rings is 1. The first kappa shape index (κ1) is 19.1. The van der Waals surface area contributed by atoms with Crippen molar-refractivity contribution in [2.45, 2.75) is 19.9 Å². The van der Waals surface area contributed by atoms with Crippen LogP contribution in [0.15, 0.2) is 48.8 Å². The number of hydrogen-bond donors (Lipinski definition) is 2. The molecule has 0 saturated carbocycles. The standard InChI is InChI=1S/C19H20N4O2S2/c1-3-15-9-16(18(24)25-2)17(27-15)22-19(26)21-14-10-20-23(12-14)11-13-7-5-4-6-8-13/h4-10,12H,3,11H2,1-2H3,(H2,21,22,26). The normalized spacial score (nSPS) is 10.4. The predicted molar refractivity (Wildman–Crippen MR) is 113 cm³/mol. The molecule has 0 aliphatic heterocycles. The summed E-state index contributed by atoms with van der Waals surface area (Å²) in [4.78, 5) is 13.0. The van der Waals surface area contributed by atoms with E-state index in [0.29, 0.717) is 22.2 Å². The van der Waals surface area contributed by atoms with Crippen molar-refractivity contribution < 1.29 is 9.53 Å². The molecule has 8 heteroatoms. The van der Waals surface area contributed by atoms with Gasteiger partial charge in [0.15, 0.2) is 5.11 Å². The van der Waals surface area contributed by atoms with Crippen molar-refractivity contribution in [2.24, 2.45) is 0 Å². The summed E-state index contributed by atoms with van der Waals surface area (Å²) in [7, 11) is 1.37. The van der Waals surface area contributed by atoms with Crippen LogP contribution in [-0.4, -0.2) is 28.0 Å². The summed E-state index contributed by atoms with van der Waals surface area (Å²) in [6, 6.07) is 11.9. The number of methoxy groups -OCH3 is 1. The first-order valence-corrected chi connectivity index (χ1v) is 9.67. The summed E-state index contributed by atoms with van der Waals surface area (Å²) in [5.41, 5.74) is 2.43. The Kier molecular flexibility index (Phi) is 6.20. The van der Waals surface area contributed by atoms with Crippen LogP contribution in [0.2, 0.25) is 0 Å². The maximum Gasteiger partial charge on any atom is 0.340 e. The van der Waals surface area contributed by atoms with Crippen molar-refractivity contribution >= 4 is 45.3 Å². The van der Waals surface area contributed by atoms with E-state index >= 15 is 0 Å². The number of benzene rings is 1. The Bertz CT molecular complexity index is 934. The van der Waals surface area contributed by atoms with Gasteiger partial charge in [0, 0.05) is 11.1 Å². The van der Waals surface area contributed by atoms with Gasteiger partial charge in [0.05, 0.1) is 31.1 Å². The van der Waals surface area contributed by atoms with Crippen molar-refractivity contribution in [3.8, 4) is 0 Å². The SMILES string of the molecule is CCc1cc(C(=O)OC)c(NC(=S)Nc2cnn(Cc3ccccc3)c2)s1. The molecule has 2 aromatic heterocycles. The average molecular weight is 401 g/mol. The van der Waals surface area contributed by atoms with E-state index in [1.807, 2.05) is 42.1 Å². The monoisotopic (exact) mass is 400 g/mol. The molecule has 0 aliphatic rings. The lowest BCUT2D eigenvalue weighted by atomic mass is 10.2. The first-order valence-electron chi connectivity index (χ1n) is 8.44. The van der Waals surface area contributed by atoms with E-state index in [1.54, 1.807) is 6.20 Å². The Labute approximate surface area is 167 Å². The largest absolute Gasteiger partial charge is 0.465 e. The van der Waals surface area contributed by atoms with Crippen molar-refractivity contribution in [1.82, 2.24) is 9.78 Å². The number of anilines is 2. The highest BCUT2D eigenvalue weighted by Crippen LogP contribution is 2.29. The molecule has 3 aromatic rings. The number of thiocarbonyl (C=S) groups is 1. The molecule has 0 spiro atoms. The molecule has 27 heavy (non-hydrogen) atoms. The van der Waals surface area contributed by atoms with Crippen LogP contribution in [0.25, 0.3) is 0 Å². The van der Waals surface area contributed by atoms with Crippen LogP contribution in [0.5, 0.6) is 0 Å². The van der Waals surface area contributed by atoms with E-state index in [-0.39, 0.29) is 5.97 Å². The van der Waals surface area contributed by atoms with Crippen molar-refractivity contribution in [2.75, 3.05) is 17.7 Å². The third kappa shape index (κ3) is 4.93. The van der Waals surface area contributed by atoms with Crippen LogP contribution in [0, 0.1) is 0 Å². The van der Waals surface area contributed by atoms with Crippen LogP contribution in [0.3, 0.4) is 0 Å². The van der Waals surface area contributed by atoms with Crippen LogP contribution < -0.4 is 10.6 Å². The quantitative estimate of drug-likeness (QED) is 0.479. The number of hydrogen-bond acceptors (Lipinski definition) is 5. The Morgan fingerprint density at radius 3 is 2.78 bits per heavy atom. The van der Waals surface area contributed by atoms with Crippen molar-refractivity contribution in [3.63, 3.8) is 0 Å². The Hall–Kier alpha value is -2.71. The molecule has 0 atom stereocenters. The van der Waals surface area contributed by atoms with Gasteiger partial charge in [0.1, 0.15) is 5.00 Å². The van der Waals surface area contributed by atoms with Gasteiger partial charge in [-0.1, -0.05) is 37.3 Å². The van der Waals surface area contributed by atoms with Crippen LogP contribution in [0.1, 0.15) is 27.7 Å². The second-order valence-corrected chi connectivity index (χ2v) is 7.34. The lowest BCUT2D eigenvalue weighted by Crippen LogP contribution is -2.19. The number of nitrogens with one attached hydrogen (secondary N) is 2. The third-order valence-corrected chi connectivity index (χ3v) is 5.24. The van der Waals surface area contributed by atoms with Crippen molar-refractivity contribution in [1.29, 1.82) is 0 Å². The number of nitrogens with zero attached hydrogens (tertiary/aromatic N) is 2. The third-order valence-electron chi connectivity index (χ3n) is 3.84. The molecular weight excluding hydrogens is 380 g/mol. The van der Waals surface area contributed by atoms with Gasteiger partial charge in [0.25, 0.3) is 0 Å². The topological polar surface area (TPSA) is 68.2 Å². The summed E-state index contributed by atoms with van der Waals surface area (Å²) in [5.74, 6) is -0.382. The fourth-order valence-corrected chi connectivity index (χ4v) is 3.79. The molecule has 1 aromatic carbocycles. The van der Waals surface area contributed by atoms with E-state index < -0.39 is 0 Å². The van der Waals surface area contributed by atoms with E-state index in [1.165, 1.54) is 24.0 Å². The predicted octanol–water partition coefficient (Wildman–Crippen LogP) is 4.15. The summed E-state index contributed by atoms with van der Waals surface area (Å²) in [5, 5.41) is 11.6. The molecule has 2 N–H and O–H groups in total. The lowest BCUT2D eigenvalue weighted by Gasteiger charge is -2.08. The van der Waals surface area contributed by atoms with Crippen molar-refractivity contribution in [3.05, 3.63) is 64.8 Å². The number of carbonyl (C=O) groups excluding carboxylic acids is 1. The maximum atomic E-state index is 11.9. The molecule has 3 rings (SSSR count). The molecule has 0 saturated heterocycles. The highest BCUT2D eigenvalue weighted by Gasteiger charge is 2.17. The van der Waals surface area contributed by atoms with Gasteiger partial charge in [-0.15, -0.1) is 11.3 Å². The minimum Gasteiger partial charge on any atom is -0.465 e. The van der Waals surface area contributed by atoms with E-state index in [0.717, 1.165) is 17.0 Å². The van der Waals surface area contributed by atoms with Crippen LogP contribution in [0.4, 0.5) is 10.7 Å². The lowest BCUT2D eigenvalue weighted by molar-refractivity contribution is 0.0602. The highest BCUT2D eigenvalue weighted by atomic mass is 32.1. The van der Waals surface area contributed by atoms with E-state index in [9.17, 15) is 4.79 Å². The summed E-state index contributed by atoms with van der Waals surface area (Å²) < 4.78 is 6.68. The number of aryl methyl sites for hydroxylation is 1. The number of aromatic nitrogens is 2. The Morgan fingerprint density at radius 1 is 1.30 bits per heavy atom.